The Labute approximate surface area is 163 Å². The van der Waals surface area contributed by atoms with Crippen LogP contribution in [0.3, 0.4) is 0 Å². The van der Waals surface area contributed by atoms with Crippen LogP contribution in [-0.2, 0) is 9.84 Å². The topological polar surface area (TPSA) is 66.5 Å². The number of sulfone groups is 1. The maximum atomic E-state index is 12.8. The first kappa shape index (κ1) is 18.9. The highest BCUT2D eigenvalue weighted by atomic mass is 35.5. The van der Waals surface area contributed by atoms with Gasteiger partial charge in [-0.1, -0.05) is 48.0 Å². The van der Waals surface area contributed by atoms with Gasteiger partial charge in [-0.3, -0.25) is 15.2 Å². The van der Waals surface area contributed by atoms with E-state index >= 15 is 0 Å². The Balaban J connectivity index is 1.97. The highest BCUT2D eigenvalue weighted by Crippen LogP contribution is 2.25. The van der Waals surface area contributed by atoms with Crippen LogP contribution in [0.1, 0.15) is 10.4 Å². The van der Waals surface area contributed by atoms with Crippen molar-refractivity contribution in [2.75, 3.05) is 11.3 Å². The molecule has 1 N–H and O–H groups in total. The molecular formula is C20H17ClN2O3S. The predicted molar refractivity (Wildman–Crippen MR) is 107 cm³/mol. The monoisotopic (exact) mass is 400 g/mol. The van der Waals surface area contributed by atoms with Gasteiger partial charge in [0.25, 0.3) is 5.91 Å². The Morgan fingerprint density at radius 1 is 0.889 bits per heavy atom. The number of amides is 1. The molecule has 0 bridgehead atoms. The number of hydrogen-bond acceptors (Lipinski definition) is 4. The average Bonchev–Trinajstić information content (AvgIpc) is 2.66. The zero-order valence-corrected chi connectivity index (χ0v) is 16.0. The standard InChI is InChI=1S/C20H17ClN2O3S/c1-27(25,26)19-14-15(12-13-18(19)21)20(24)22-23(16-8-4-2-5-9-16)17-10-6-3-7-11-17/h2-14H,1H3,(H,22,24). The van der Waals surface area contributed by atoms with E-state index in [-0.39, 0.29) is 15.5 Å². The third kappa shape index (κ3) is 4.48. The minimum Gasteiger partial charge on any atom is -0.267 e. The molecule has 0 aromatic heterocycles. The van der Waals surface area contributed by atoms with Crippen molar-refractivity contribution < 1.29 is 13.2 Å². The van der Waals surface area contributed by atoms with Crippen LogP contribution in [0.2, 0.25) is 5.02 Å². The molecule has 0 saturated heterocycles. The molecule has 3 rings (SSSR count). The van der Waals surface area contributed by atoms with Crippen molar-refractivity contribution in [3.63, 3.8) is 0 Å². The van der Waals surface area contributed by atoms with Gasteiger partial charge < -0.3 is 0 Å². The largest absolute Gasteiger partial charge is 0.270 e. The Morgan fingerprint density at radius 3 is 1.89 bits per heavy atom. The van der Waals surface area contributed by atoms with Crippen LogP contribution in [0, 0.1) is 0 Å². The van der Waals surface area contributed by atoms with Gasteiger partial charge in [0.15, 0.2) is 9.84 Å². The molecule has 0 aliphatic rings. The molecule has 0 saturated carbocycles. The number of para-hydroxylation sites is 2. The third-order valence-electron chi connectivity index (χ3n) is 3.83. The Bertz CT molecular complexity index is 1020. The summed E-state index contributed by atoms with van der Waals surface area (Å²) in [6.45, 7) is 0. The number of halogens is 1. The van der Waals surface area contributed by atoms with Crippen LogP contribution in [0.25, 0.3) is 0 Å². The Morgan fingerprint density at radius 2 is 1.41 bits per heavy atom. The molecule has 0 unspecified atom stereocenters. The summed E-state index contributed by atoms with van der Waals surface area (Å²) >= 11 is 5.96. The lowest BCUT2D eigenvalue weighted by Crippen LogP contribution is -2.39. The highest BCUT2D eigenvalue weighted by molar-refractivity contribution is 7.90. The molecule has 0 aliphatic carbocycles. The molecule has 3 aromatic carbocycles. The summed E-state index contributed by atoms with van der Waals surface area (Å²) in [5.41, 5.74) is 4.53. The quantitative estimate of drug-likeness (QED) is 0.651. The lowest BCUT2D eigenvalue weighted by atomic mass is 10.2. The second-order valence-electron chi connectivity index (χ2n) is 5.86. The fourth-order valence-corrected chi connectivity index (χ4v) is 3.83. The zero-order chi connectivity index (χ0) is 19.4. The van der Waals surface area contributed by atoms with Gasteiger partial charge in [0.1, 0.15) is 0 Å². The number of rotatable bonds is 5. The van der Waals surface area contributed by atoms with E-state index in [0.717, 1.165) is 17.6 Å². The van der Waals surface area contributed by atoms with Crippen LogP contribution < -0.4 is 10.4 Å². The van der Waals surface area contributed by atoms with Crippen LogP contribution in [-0.4, -0.2) is 20.6 Å². The number of carbonyl (C=O) groups is 1. The smallest absolute Gasteiger partial charge is 0.267 e. The summed E-state index contributed by atoms with van der Waals surface area (Å²) in [6.07, 6.45) is 1.05. The molecule has 0 atom stereocenters. The number of hydrazine groups is 1. The van der Waals surface area contributed by atoms with Gasteiger partial charge in [0.2, 0.25) is 0 Å². The summed E-state index contributed by atoms with van der Waals surface area (Å²) in [6, 6.07) is 22.8. The highest BCUT2D eigenvalue weighted by Gasteiger charge is 2.18. The molecule has 27 heavy (non-hydrogen) atoms. The van der Waals surface area contributed by atoms with E-state index in [1.807, 2.05) is 60.7 Å². The number of benzene rings is 3. The maximum absolute atomic E-state index is 12.8. The Hall–Kier alpha value is -2.83. The molecule has 138 valence electrons. The zero-order valence-electron chi connectivity index (χ0n) is 14.5. The molecule has 7 heteroatoms. The van der Waals surface area contributed by atoms with Crippen LogP contribution >= 0.6 is 11.6 Å². The second-order valence-corrected chi connectivity index (χ2v) is 8.26. The lowest BCUT2D eigenvalue weighted by Gasteiger charge is -2.25. The first-order chi connectivity index (χ1) is 12.9. The third-order valence-corrected chi connectivity index (χ3v) is 5.41. The van der Waals surface area contributed by atoms with Crippen molar-refractivity contribution in [2.45, 2.75) is 4.90 Å². The van der Waals surface area contributed by atoms with Crippen molar-refractivity contribution in [3.8, 4) is 0 Å². The van der Waals surface area contributed by atoms with Gasteiger partial charge in [-0.15, -0.1) is 0 Å². The fraction of sp³-hybridized carbons (Fsp3) is 0.0500. The van der Waals surface area contributed by atoms with E-state index in [4.69, 9.17) is 11.6 Å². The summed E-state index contributed by atoms with van der Waals surface area (Å²) in [5, 5.41) is 1.72. The van der Waals surface area contributed by atoms with E-state index in [1.54, 1.807) is 5.01 Å². The lowest BCUT2D eigenvalue weighted by molar-refractivity contribution is 0.0953. The van der Waals surface area contributed by atoms with Crippen molar-refractivity contribution in [1.29, 1.82) is 0 Å². The van der Waals surface area contributed by atoms with E-state index < -0.39 is 15.7 Å². The van der Waals surface area contributed by atoms with Crippen LogP contribution in [0.15, 0.2) is 83.8 Å². The molecule has 0 radical (unpaired) electrons. The van der Waals surface area contributed by atoms with E-state index in [9.17, 15) is 13.2 Å². The van der Waals surface area contributed by atoms with Gasteiger partial charge in [-0.05, 0) is 42.5 Å². The fourth-order valence-electron chi connectivity index (χ4n) is 2.53. The second kappa shape index (κ2) is 7.82. The predicted octanol–water partition coefficient (Wildman–Crippen LogP) is 4.23. The number of anilines is 2. The van der Waals surface area contributed by atoms with Gasteiger partial charge in [0.05, 0.1) is 21.3 Å². The molecule has 0 fully saturated rings. The van der Waals surface area contributed by atoms with E-state index in [1.165, 1.54) is 18.2 Å². The van der Waals surface area contributed by atoms with Gasteiger partial charge in [-0.2, -0.15) is 0 Å². The van der Waals surface area contributed by atoms with Crippen LogP contribution in [0.5, 0.6) is 0 Å². The van der Waals surface area contributed by atoms with E-state index in [2.05, 4.69) is 5.43 Å². The first-order valence-corrected chi connectivity index (χ1v) is 10.3. The van der Waals surface area contributed by atoms with Gasteiger partial charge in [0, 0.05) is 11.8 Å². The molecule has 3 aromatic rings. The molecule has 5 nitrogen and oxygen atoms in total. The average molecular weight is 401 g/mol. The first-order valence-electron chi connectivity index (χ1n) is 8.07. The van der Waals surface area contributed by atoms with Crippen molar-refractivity contribution >= 4 is 38.7 Å². The summed E-state index contributed by atoms with van der Waals surface area (Å²) < 4.78 is 23.7. The maximum Gasteiger partial charge on any atom is 0.270 e. The molecule has 1 amide bonds. The van der Waals surface area contributed by atoms with Gasteiger partial charge >= 0.3 is 0 Å². The summed E-state index contributed by atoms with van der Waals surface area (Å²) in [5.74, 6) is -0.454. The molecule has 0 spiro atoms. The minimum atomic E-state index is -3.55. The van der Waals surface area contributed by atoms with Crippen molar-refractivity contribution in [1.82, 2.24) is 5.43 Å². The van der Waals surface area contributed by atoms with Gasteiger partial charge in [-0.25, -0.2) is 8.42 Å². The van der Waals surface area contributed by atoms with Crippen molar-refractivity contribution in [3.05, 3.63) is 89.4 Å². The Kier molecular flexibility index (Phi) is 5.48. The number of hydrogen-bond donors (Lipinski definition) is 1. The van der Waals surface area contributed by atoms with E-state index in [0.29, 0.717) is 0 Å². The molecular weight excluding hydrogens is 384 g/mol. The molecule has 0 aliphatic heterocycles. The molecule has 0 heterocycles. The number of nitrogens with one attached hydrogen (secondary N) is 1. The summed E-state index contributed by atoms with van der Waals surface area (Å²) in [7, 11) is -3.55. The SMILES string of the molecule is CS(=O)(=O)c1cc(C(=O)NN(c2ccccc2)c2ccccc2)ccc1Cl. The number of nitrogens with zero attached hydrogens (tertiary/aromatic N) is 1. The number of carbonyl (C=O) groups excluding carboxylic acids is 1. The minimum absolute atomic E-state index is 0.0806. The van der Waals surface area contributed by atoms with Crippen LogP contribution in [0.4, 0.5) is 11.4 Å². The van der Waals surface area contributed by atoms with Crippen molar-refractivity contribution in [2.24, 2.45) is 0 Å². The normalized spacial score (nSPS) is 11.0. The summed E-state index contributed by atoms with van der Waals surface area (Å²) in [4.78, 5) is 12.7.